The molecule has 0 bridgehead atoms. The quantitative estimate of drug-likeness (QED) is 0.150. The molecule has 0 atom stereocenters. The molecular formula is C8H9BN3NaO6. The molecule has 1 heterocycles. The molecule has 9 nitrogen and oxygen atoms in total. The van der Waals surface area contributed by atoms with E-state index in [1.165, 1.54) is 0 Å². The third-order valence-corrected chi connectivity index (χ3v) is 1.95. The molecule has 2 rings (SSSR count). The maximum atomic E-state index is 11.2. The van der Waals surface area contributed by atoms with E-state index in [9.17, 15) is 9.59 Å². The fourth-order valence-corrected chi connectivity index (χ4v) is 1.26. The van der Waals surface area contributed by atoms with Crippen molar-refractivity contribution >= 4 is 23.8 Å². The first-order valence-corrected chi connectivity index (χ1v) is 4.60. The average Bonchev–Trinajstić information content (AvgIpc) is 2.35. The number of anilines is 1. The van der Waals surface area contributed by atoms with Gasteiger partial charge in [0.25, 0.3) is 11.1 Å². The molecule has 1 aromatic heterocycles. The fourth-order valence-electron chi connectivity index (χ4n) is 1.26. The minimum Gasteiger partial charge on any atom is -0.830 e. The third kappa shape index (κ3) is 4.80. The Morgan fingerprint density at radius 1 is 1.26 bits per heavy atom. The van der Waals surface area contributed by atoms with E-state index < -0.39 is 7.32 Å². The molecule has 0 saturated carbocycles. The van der Waals surface area contributed by atoms with Crippen molar-refractivity contribution in [2.75, 3.05) is 5.73 Å². The summed E-state index contributed by atoms with van der Waals surface area (Å²) in [6.45, 7) is 0. The Balaban J connectivity index is 0.000000471. The van der Waals surface area contributed by atoms with Gasteiger partial charge in [0.05, 0.1) is 10.8 Å². The number of hydrogen-bond acceptors (Lipinski definition) is 7. The fraction of sp³-hybridized carbons (Fsp3) is 0. The molecule has 2 aromatic rings. The molecule has 0 saturated heterocycles. The molecular weight excluding hydrogens is 268 g/mol. The van der Waals surface area contributed by atoms with Crippen molar-refractivity contribution in [3.8, 4) is 0 Å². The van der Waals surface area contributed by atoms with Crippen LogP contribution in [0.2, 0.25) is 0 Å². The summed E-state index contributed by atoms with van der Waals surface area (Å²) in [6.07, 6.45) is 0. The largest absolute Gasteiger partial charge is 1.00 e. The van der Waals surface area contributed by atoms with Gasteiger partial charge in [-0.05, 0) is 12.1 Å². The normalized spacial score (nSPS) is 9.21. The summed E-state index contributed by atoms with van der Waals surface area (Å²) in [4.78, 5) is 25.2. The average molecular weight is 277 g/mol. The van der Waals surface area contributed by atoms with E-state index in [0.29, 0.717) is 11.1 Å². The molecule has 0 aliphatic heterocycles. The first-order chi connectivity index (χ1) is 8.47. The maximum absolute atomic E-state index is 11.2. The molecule has 0 aliphatic carbocycles. The summed E-state index contributed by atoms with van der Waals surface area (Å²) in [5.41, 5.74) is 5.14. The summed E-state index contributed by atoms with van der Waals surface area (Å²) in [5.74, 6) is 0. The monoisotopic (exact) mass is 277 g/mol. The van der Waals surface area contributed by atoms with Gasteiger partial charge < -0.3 is 15.8 Å². The number of H-pyrrole nitrogens is 2. The molecule has 0 spiro atoms. The van der Waals surface area contributed by atoms with Crippen LogP contribution in [0.25, 0.3) is 10.8 Å². The number of fused-ring (bicyclic) bond motifs is 1. The zero-order valence-corrected chi connectivity index (χ0v) is 11.9. The van der Waals surface area contributed by atoms with Crippen LogP contribution in [0.4, 0.5) is 5.69 Å². The van der Waals surface area contributed by atoms with Crippen molar-refractivity contribution in [3.63, 3.8) is 0 Å². The maximum Gasteiger partial charge on any atom is 1.00 e. The summed E-state index contributed by atoms with van der Waals surface area (Å²) in [7, 11) is -2.31. The van der Waals surface area contributed by atoms with Crippen molar-refractivity contribution in [2.24, 2.45) is 0 Å². The number of aromatic nitrogens is 2. The van der Waals surface area contributed by atoms with Gasteiger partial charge in [-0.3, -0.25) is 29.8 Å². The van der Waals surface area contributed by atoms with Crippen LogP contribution in [0.15, 0.2) is 27.8 Å². The van der Waals surface area contributed by atoms with Gasteiger partial charge in [0.2, 0.25) is 0 Å². The van der Waals surface area contributed by atoms with Crippen LogP contribution in [-0.4, -0.2) is 27.8 Å². The van der Waals surface area contributed by atoms with E-state index in [2.05, 4.69) is 15.0 Å². The van der Waals surface area contributed by atoms with E-state index in [-0.39, 0.29) is 46.1 Å². The molecule has 6 N–H and O–H groups in total. The number of hydrogen-bond donors (Lipinski definition) is 5. The Labute approximate surface area is 128 Å². The minimum atomic E-state index is -2.31. The van der Waals surface area contributed by atoms with Gasteiger partial charge in [-0.25, -0.2) is 0 Å². The van der Waals surface area contributed by atoms with Crippen LogP contribution in [0.1, 0.15) is 0 Å². The van der Waals surface area contributed by atoms with Crippen LogP contribution in [0, 0.1) is 0 Å². The molecule has 1 aromatic carbocycles. The predicted molar refractivity (Wildman–Crippen MR) is 61.3 cm³/mol. The minimum absolute atomic E-state index is 0. The van der Waals surface area contributed by atoms with Crippen LogP contribution in [0.5, 0.6) is 0 Å². The zero-order valence-electron chi connectivity index (χ0n) is 9.91. The molecule has 0 aliphatic rings. The molecule has 0 amide bonds. The van der Waals surface area contributed by atoms with E-state index in [4.69, 9.17) is 21.0 Å². The summed E-state index contributed by atoms with van der Waals surface area (Å²) >= 11 is 0. The first kappa shape index (κ1) is 17.9. The van der Waals surface area contributed by atoms with Crippen molar-refractivity contribution in [2.45, 2.75) is 0 Å². The van der Waals surface area contributed by atoms with Crippen molar-refractivity contribution in [1.29, 1.82) is 0 Å². The standard InChI is InChI=1S/C8H7N3O2.BH2O4.Na/c9-5-3-1-2-4-6(5)8(13)11-10-7(4)12;2-1(3)5-4;/h1-3H,9H2,(H,10,12)(H,11,13);2,4H;/q;-1;+1. The van der Waals surface area contributed by atoms with Gasteiger partial charge in [0, 0.05) is 5.69 Å². The second kappa shape index (κ2) is 8.12. The molecule has 96 valence electrons. The topological polar surface area (TPSA) is 164 Å². The van der Waals surface area contributed by atoms with E-state index in [0.717, 1.165) is 0 Å². The van der Waals surface area contributed by atoms with Crippen LogP contribution >= 0.6 is 0 Å². The van der Waals surface area contributed by atoms with E-state index in [1.54, 1.807) is 18.2 Å². The van der Waals surface area contributed by atoms with Crippen molar-refractivity contribution in [3.05, 3.63) is 38.9 Å². The first-order valence-electron chi connectivity index (χ1n) is 4.60. The zero-order chi connectivity index (χ0) is 13.7. The second-order valence-electron chi connectivity index (χ2n) is 3.09. The molecule has 0 fully saturated rings. The molecule has 19 heavy (non-hydrogen) atoms. The van der Waals surface area contributed by atoms with E-state index >= 15 is 0 Å². The number of nitrogens with one attached hydrogen (secondary N) is 2. The number of nitrogen functional groups attached to an aromatic ring is 1. The summed E-state index contributed by atoms with van der Waals surface area (Å²) in [5, 5.41) is 28.4. The Morgan fingerprint density at radius 2 is 1.79 bits per heavy atom. The predicted octanol–water partition coefficient (Wildman–Crippen LogP) is -5.38. The number of nitrogens with two attached hydrogens (primary N) is 1. The van der Waals surface area contributed by atoms with Gasteiger partial charge in [0.1, 0.15) is 0 Å². The smallest absolute Gasteiger partial charge is 0.830 e. The molecule has 0 radical (unpaired) electrons. The van der Waals surface area contributed by atoms with Gasteiger partial charge in [-0.2, -0.15) is 0 Å². The van der Waals surface area contributed by atoms with Crippen molar-refractivity contribution in [1.82, 2.24) is 10.2 Å². The van der Waals surface area contributed by atoms with Gasteiger partial charge in [0.15, 0.2) is 0 Å². The Bertz CT molecular complexity index is 642. The van der Waals surface area contributed by atoms with E-state index in [1.807, 2.05) is 0 Å². The Kier molecular flexibility index (Phi) is 7.63. The number of benzene rings is 1. The van der Waals surface area contributed by atoms with Gasteiger partial charge >= 0.3 is 36.9 Å². The summed E-state index contributed by atoms with van der Waals surface area (Å²) < 4.78 is 0. The van der Waals surface area contributed by atoms with Gasteiger partial charge in [-0.1, -0.05) is 6.07 Å². The Hall–Kier alpha value is -1.14. The van der Waals surface area contributed by atoms with Gasteiger partial charge in [-0.15, -0.1) is 0 Å². The second-order valence-corrected chi connectivity index (χ2v) is 3.09. The number of rotatable bonds is 1. The van der Waals surface area contributed by atoms with Crippen LogP contribution in [-0.2, 0) is 4.81 Å². The third-order valence-electron chi connectivity index (χ3n) is 1.95. The molecule has 0 unspecified atom stereocenters. The number of aromatic amines is 2. The Morgan fingerprint density at radius 3 is 2.26 bits per heavy atom. The van der Waals surface area contributed by atoms with Crippen molar-refractivity contribution < 1.29 is 49.7 Å². The SMILES string of the molecule is Nc1cccc2c(=O)[nH][nH]c(=O)c12.[Na+].[O-]B(O)OO. The van der Waals surface area contributed by atoms with Crippen LogP contribution in [0.3, 0.4) is 0 Å². The summed E-state index contributed by atoms with van der Waals surface area (Å²) in [6, 6.07) is 4.77. The molecule has 11 heteroatoms. The van der Waals surface area contributed by atoms with Crippen LogP contribution < -0.4 is 51.4 Å².